The van der Waals surface area contributed by atoms with Crippen molar-refractivity contribution in [3.63, 3.8) is 0 Å². The summed E-state index contributed by atoms with van der Waals surface area (Å²) in [5.41, 5.74) is 1.81. The summed E-state index contributed by atoms with van der Waals surface area (Å²) in [6.07, 6.45) is 0. The van der Waals surface area contributed by atoms with Gasteiger partial charge in [0.25, 0.3) is 0 Å². The summed E-state index contributed by atoms with van der Waals surface area (Å²) in [6, 6.07) is 6.52. The van der Waals surface area contributed by atoms with Crippen LogP contribution >= 0.6 is 0 Å². The Labute approximate surface area is 121 Å². The Balaban J connectivity index is 2.87. The van der Waals surface area contributed by atoms with Crippen molar-refractivity contribution in [3.8, 4) is 0 Å². The van der Waals surface area contributed by atoms with Crippen LogP contribution in [0.4, 0.5) is 0 Å². The highest BCUT2D eigenvalue weighted by atomic mass is 32.2. The van der Waals surface area contributed by atoms with E-state index in [0.717, 1.165) is 11.1 Å². The van der Waals surface area contributed by atoms with Crippen molar-refractivity contribution in [1.82, 2.24) is 4.90 Å². The number of amides is 1. The van der Waals surface area contributed by atoms with Crippen molar-refractivity contribution in [2.75, 3.05) is 18.8 Å². The second kappa shape index (κ2) is 6.70. The predicted octanol–water partition coefficient (Wildman–Crippen LogP) is 2.19. The zero-order valence-electron chi connectivity index (χ0n) is 12.2. The van der Waals surface area contributed by atoms with Gasteiger partial charge in [-0.15, -0.1) is 0 Å². The Bertz CT molecular complexity index is 588. The second-order valence-electron chi connectivity index (χ2n) is 4.94. The number of rotatable bonds is 6. The molecular weight excluding hydrogens is 274 g/mol. The molecule has 0 aliphatic heterocycles. The van der Waals surface area contributed by atoms with Gasteiger partial charge in [-0.2, -0.15) is 0 Å². The number of aryl methyl sites for hydroxylation is 1. The molecule has 0 aliphatic rings. The number of carbonyl (C=O) groups is 1. The molecule has 0 atom stereocenters. The highest BCUT2D eigenvalue weighted by Crippen LogP contribution is 2.13. The first-order valence-electron chi connectivity index (χ1n) is 6.48. The molecule has 0 bridgehead atoms. The van der Waals surface area contributed by atoms with E-state index in [1.807, 2.05) is 20.8 Å². The first kappa shape index (κ1) is 16.4. The fraction of sp³-hybridized carbons (Fsp3) is 0.400. The molecule has 5 heteroatoms. The number of hydrogen-bond acceptors (Lipinski definition) is 3. The highest BCUT2D eigenvalue weighted by Gasteiger charge is 2.22. The van der Waals surface area contributed by atoms with Crippen molar-refractivity contribution in [2.24, 2.45) is 0 Å². The summed E-state index contributed by atoms with van der Waals surface area (Å²) in [5.74, 6) is -0.895. The Morgan fingerprint density at radius 1 is 1.25 bits per heavy atom. The van der Waals surface area contributed by atoms with E-state index in [1.54, 1.807) is 12.1 Å². The van der Waals surface area contributed by atoms with Crippen LogP contribution in [-0.2, 0) is 14.6 Å². The third-order valence-corrected chi connectivity index (χ3v) is 4.51. The largest absolute Gasteiger partial charge is 0.338 e. The van der Waals surface area contributed by atoms with Crippen LogP contribution in [0.5, 0.6) is 0 Å². The monoisotopic (exact) mass is 295 g/mol. The van der Waals surface area contributed by atoms with Crippen molar-refractivity contribution >= 4 is 15.7 Å². The Morgan fingerprint density at radius 3 is 2.25 bits per heavy atom. The van der Waals surface area contributed by atoms with Gasteiger partial charge in [0.2, 0.25) is 5.91 Å². The topological polar surface area (TPSA) is 54.5 Å². The Kier molecular flexibility index (Phi) is 5.51. The van der Waals surface area contributed by atoms with Gasteiger partial charge in [-0.05, 0) is 32.9 Å². The van der Waals surface area contributed by atoms with Gasteiger partial charge in [0.15, 0.2) is 9.84 Å². The summed E-state index contributed by atoms with van der Waals surface area (Å²) >= 11 is 0. The molecule has 1 aromatic rings. The smallest absolute Gasteiger partial charge is 0.238 e. The van der Waals surface area contributed by atoms with Crippen LogP contribution in [0.3, 0.4) is 0 Å². The van der Waals surface area contributed by atoms with Crippen molar-refractivity contribution in [2.45, 2.75) is 25.7 Å². The van der Waals surface area contributed by atoms with Gasteiger partial charge < -0.3 is 4.90 Å². The van der Waals surface area contributed by atoms with E-state index in [4.69, 9.17) is 0 Å². The molecular formula is C15H21NO3S. The number of sulfone groups is 1. The molecule has 0 fully saturated rings. The van der Waals surface area contributed by atoms with Gasteiger partial charge in [0, 0.05) is 13.1 Å². The van der Waals surface area contributed by atoms with Gasteiger partial charge in [-0.25, -0.2) is 8.42 Å². The summed E-state index contributed by atoms with van der Waals surface area (Å²) in [4.78, 5) is 13.7. The van der Waals surface area contributed by atoms with Gasteiger partial charge >= 0.3 is 0 Å². The van der Waals surface area contributed by atoms with Gasteiger partial charge in [0.05, 0.1) is 4.90 Å². The first-order chi connectivity index (χ1) is 9.26. The minimum atomic E-state index is -3.59. The fourth-order valence-corrected chi connectivity index (χ4v) is 3.01. The average Bonchev–Trinajstić information content (AvgIpc) is 2.35. The maximum atomic E-state index is 12.2. The van der Waals surface area contributed by atoms with Crippen molar-refractivity contribution in [1.29, 1.82) is 0 Å². The maximum absolute atomic E-state index is 12.2. The lowest BCUT2D eigenvalue weighted by atomic mass is 10.2. The molecule has 4 nitrogen and oxygen atoms in total. The Hall–Kier alpha value is -1.62. The molecule has 1 amide bonds. The number of hydrogen-bond donors (Lipinski definition) is 0. The molecule has 0 unspecified atom stereocenters. The molecule has 0 aromatic heterocycles. The lowest BCUT2D eigenvalue weighted by molar-refractivity contribution is -0.127. The fourth-order valence-electron chi connectivity index (χ4n) is 1.78. The van der Waals surface area contributed by atoms with E-state index in [0.29, 0.717) is 13.1 Å². The van der Waals surface area contributed by atoms with E-state index < -0.39 is 21.5 Å². The highest BCUT2D eigenvalue weighted by molar-refractivity contribution is 7.92. The minimum Gasteiger partial charge on any atom is -0.338 e. The zero-order valence-corrected chi connectivity index (χ0v) is 13.0. The van der Waals surface area contributed by atoms with Crippen LogP contribution in [0.25, 0.3) is 0 Å². The summed E-state index contributed by atoms with van der Waals surface area (Å²) in [6.45, 7) is 10.1. The Morgan fingerprint density at radius 2 is 1.80 bits per heavy atom. The summed E-state index contributed by atoms with van der Waals surface area (Å²) < 4.78 is 24.4. The van der Waals surface area contributed by atoms with Crippen LogP contribution < -0.4 is 0 Å². The third-order valence-electron chi connectivity index (χ3n) is 2.89. The zero-order chi connectivity index (χ0) is 15.3. The quantitative estimate of drug-likeness (QED) is 0.756. The molecule has 1 aromatic carbocycles. The average molecular weight is 295 g/mol. The van der Waals surface area contributed by atoms with Crippen LogP contribution in [0.15, 0.2) is 41.3 Å². The third kappa shape index (κ3) is 4.49. The van der Waals surface area contributed by atoms with E-state index in [1.165, 1.54) is 17.0 Å². The standard InChI is InChI=1S/C15H21NO3S/c1-5-16(10-12(2)3)15(17)11-20(18,19)14-8-6-13(4)7-9-14/h6-9H,2,5,10-11H2,1,3-4H3. The van der Waals surface area contributed by atoms with E-state index in [9.17, 15) is 13.2 Å². The number of nitrogens with zero attached hydrogens (tertiary/aromatic N) is 1. The number of benzene rings is 1. The second-order valence-corrected chi connectivity index (χ2v) is 6.93. The van der Waals surface area contributed by atoms with Crippen molar-refractivity contribution < 1.29 is 13.2 Å². The molecule has 0 radical (unpaired) electrons. The maximum Gasteiger partial charge on any atom is 0.238 e. The normalized spacial score (nSPS) is 11.2. The molecule has 1 rings (SSSR count). The molecule has 20 heavy (non-hydrogen) atoms. The molecule has 110 valence electrons. The lowest BCUT2D eigenvalue weighted by Gasteiger charge is -2.20. The lowest BCUT2D eigenvalue weighted by Crippen LogP contribution is -2.36. The van der Waals surface area contributed by atoms with Crippen LogP contribution in [-0.4, -0.2) is 38.1 Å². The van der Waals surface area contributed by atoms with Crippen LogP contribution in [0.2, 0.25) is 0 Å². The van der Waals surface area contributed by atoms with Crippen molar-refractivity contribution in [3.05, 3.63) is 42.0 Å². The summed E-state index contributed by atoms with van der Waals surface area (Å²) in [5, 5.41) is 0. The van der Waals surface area contributed by atoms with E-state index in [-0.39, 0.29) is 4.90 Å². The van der Waals surface area contributed by atoms with E-state index in [2.05, 4.69) is 6.58 Å². The van der Waals surface area contributed by atoms with Gasteiger partial charge in [-0.1, -0.05) is 29.8 Å². The van der Waals surface area contributed by atoms with E-state index >= 15 is 0 Å². The number of likely N-dealkylation sites (N-methyl/N-ethyl adjacent to an activating group) is 1. The van der Waals surface area contributed by atoms with Gasteiger partial charge in [-0.3, -0.25) is 4.79 Å². The first-order valence-corrected chi connectivity index (χ1v) is 8.13. The van der Waals surface area contributed by atoms with Crippen LogP contribution in [0, 0.1) is 6.92 Å². The molecule has 0 aliphatic carbocycles. The molecule has 0 heterocycles. The number of carbonyl (C=O) groups excluding carboxylic acids is 1. The van der Waals surface area contributed by atoms with Gasteiger partial charge in [0.1, 0.15) is 5.75 Å². The van der Waals surface area contributed by atoms with Crippen LogP contribution in [0.1, 0.15) is 19.4 Å². The SMILES string of the molecule is C=C(C)CN(CC)C(=O)CS(=O)(=O)c1ccc(C)cc1. The molecule has 0 N–H and O–H groups in total. The molecule has 0 spiro atoms. The molecule has 0 saturated carbocycles. The predicted molar refractivity (Wildman–Crippen MR) is 80.3 cm³/mol. The minimum absolute atomic E-state index is 0.183. The summed E-state index contributed by atoms with van der Waals surface area (Å²) in [7, 11) is -3.59. The molecule has 0 saturated heterocycles.